The molecule has 1 N–H and O–H groups in total. The van der Waals surface area contributed by atoms with E-state index in [4.69, 9.17) is 9.47 Å². The molecule has 0 unspecified atom stereocenters. The zero-order valence-corrected chi connectivity index (χ0v) is 17.0. The van der Waals surface area contributed by atoms with Crippen LogP contribution in [0.5, 0.6) is 11.5 Å². The van der Waals surface area contributed by atoms with Crippen molar-refractivity contribution in [3.05, 3.63) is 54.1 Å². The lowest BCUT2D eigenvalue weighted by atomic mass is 10.2. The van der Waals surface area contributed by atoms with Gasteiger partial charge in [0.25, 0.3) is 0 Å². The van der Waals surface area contributed by atoms with Gasteiger partial charge in [0.05, 0.1) is 13.2 Å². The van der Waals surface area contributed by atoms with Gasteiger partial charge in [0.2, 0.25) is 0 Å². The van der Waals surface area contributed by atoms with Crippen LogP contribution < -0.4 is 14.8 Å². The first-order valence-corrected chi connectivity index (χ1v) is 10.5. The highest BCUT2D eigenvalue weighted by Crippen LogP contribution is 2.19. The number of ether oxygens (including phenoxy) is 2. The maximum absolute atomic E-state index is 5.82. The lowest BCUT2D eigenvalue weighted by Gasteiger charge is -2.11. The second kappa shape index (κ2) is 13.1. The van der Waals surface area contributed by atoms with Crippen molar-refractivity contribution in [2.24, 2.45) is 0 Å². The van der Waals surface area contributed by atoms with Gasteiger partial charge < -0.3 is 14.8 Å². The van der Waals surface area contributed by atoms with Gasteiger partial charge in [0.15, 0.2) is 0 Å². The molecule has 2 rings (SSSR count). The summed E-state index contributed by atoms with van der Waals surface area (Å²) in [7, 11) is 0. The summed E-state index contributed by atoms with van der Waals surface area (Å²) in [5.41, 5.74) is 2.32. The molecule has 0 aliphatic carbocycles. The molecule has 0 aliphatic rings. The van der Waals surface area contributed by atoms with Crippen LogP contribution >= 0.6 is 0 Å². The topological polar surface area (TPSA) is 30.5 Å². The third kappa shape index (κ3) is 8.85. The van der Waals surface area contributed by atoms with E-state index < -0.39 is 0 Å². The summed E-state index contributed by atoms with van der Waals surface area (Å²) in [5.74, 6) is 1.90. The second-order valence-electron chi connectivity index (χ2n) is 6.99. The molecule has 0 aromatic heterocycles. The third-order valence-electron chi connectivity index (χ3n) is 4.53. The van der Waals surface area contributed by atoms with Gasteiger partial charge in [-0.3, -0.25) is 0 Å². The van der Waals surface area contributed by atoms with E-state index in [1.165, 1.54) is 31.2 Å². The first-order valence-electron chi connectivity index (χ1n) is 10.5. The van der Waals surface area contributed by atoms with E-state index in [0.717, 1.165) is 56.2 Å². The number of anilines is 1. The van der Waals surface area contributed by atoms with Crippen LogP contribution in [0.2, 0.25) is 0 Å². The summed E-state index contributed by atoms with van der Waals surface area (Å²) in [6.07, 6.45) is 8.56. The lowest BCUT2D eigenvalue weighted by molar-refractivity contribution is 0.304. The normalized spacial score (nSPS) is 10.6. The number of hydrogen-bond donors (Lipinski definition) is 1. The summed E-state index contributed by atoms with van der Waals surface area (Å²) in [6.45, 7) is 6.79. The second-order valence-corrected chi connectivity index (χ2v) is 6.99. The Balaban J connectivity index is 1.71. The Labute approximate surface area is 165 Å². The summed E-state index contributed by atoms with van der Waals surface area (Å²) in [5, 5.41) is 3.46. The molecule has 27 heavy (non-hydrogen) atoms. The van der Waals surface area contributed by atoms with Crippen molar-refractivity contribution in [1.29, 1.82) is 0 Å². The maximum atomic E-state index is 5.82. The minimum atomic E-state index is 0.780. The fraction of sp³-hybridized carbons (Fsp3) is 0.500. The molecule has 0 amide bonds. The zero-order valence-electron chi connectivity index (χ0n) is 17.0. The molecule has 0 aliphatic heterocycles. The molecule has 2 aromatic rings. The van der Waals surface area contributed by atoms with E-state index in [1.54, 1.807) is 0 Å². The van der Waals surface area contributed by atoms with Gasteiger partial charge in [0.1, 0.15) is 11.5 Å². The smallest absolute Gasteiger partial charge is 0.119 e. The Morgan fingerprint density at radius 1 is 0.704 bits per heavy atom. The van der Waals surface area contributed by atoms with Gasteiger partial charge in [-0.1, -0.05) is 58.1 Å². The average Bonchev–Trinajstić information content (AvgIpc) is 2.70. The first-order chi connectivity index (χ1) is 13.3. The largest absolute Gasteiger partial charge is 0.494 e. The van der Waals surface area contributed by atoms with Crippen LogP contribution in [-0.2, 0) is 6.54 Å². The van der Waals surface area contributed by atoms with Crippen LogP contribution in [0, 0.1) is 0 Å². The van der Waals surface area contributed by atoms with Crippen molar-refractivity contribution in [2.45, 2.75) is 65.3 Å². The van der Waals surface area contributed by atoms with E-state index in [0.29, 0.717) is 0 Å². The number of benzene rings is 2. The number of rotatable bonds is 14. The van der Waals surface area contributed by atoms with E-state index in [1.807, 2.05) is 18.2 Å². The highest BCUT2D eigenvalue weighted by Gasteiger charge is 1.99. The fourth-order valence-corrected chi connectivity index (χ4v) is 2.85. The van der Waals surface area contributed by atoms with Gasteiger partial charge in [-0.15, -0.1) is 0 Å². The minimum absolute atomic E-state index is 0.780. The highest BCUT2D eigenvalue weighted by molar-refractivity contribution is 5.47. The zero-order chi connectivity index (χ0) is 19.2. The number of unbranched alkanes of at least 4 members (excludes halogenated alkanes) is 5. The maximum Gasteiger partial charge on any atom is 0.119 e. The minimum Gasteiger partial charge on any atom is -0.494 e. The van der Waals surface area contributed by atoms with Crippen molar-refractivity contribution < 1.29 is 9.47 Å². The highest BCUT2D eigenvalue weighted by atomic mass is 16.5. The van der Waals surface area contributed by atoms with E-state index in [9.17, 15) is 0 Å². The van der Waals surface area contributed by atoms with Crippen molar-refractivity contribution in [1.82, 2.24) is 0 Å². The molecule has 0 atom stereocenters. The molecule has 2 aromatic carbocycles. The van der Waals surface area contributed by atoms with Gasteiger partial charge >= 0.3 is 0 Å². The van der Waals surface area contributed by atoms with Gasteiger partial charge in [-0.2, -0.15) is 0 Å². The van der Waals surface area contributed by atoms with Crippen LogP contribution in [-0.4, -0.2) is 13.2 Å². The predicted octanol–water partition coefficient (Wildman–Crippen LogP) is 6.83. The molecule has 3 heteroatoms. The van der Waals surface area contributed by atoms with Gasteiger partial charge in [-0.05, 0) is 54.8 Å². The number of hydrogen-bond acceptors (Lipinski definition) is 3. The van der Waals surface area contributed by atoms with Gasteiger partial charge in [0, 0.05) is 12.2 Å². The molecule has 0 heterocycles. The van der Waals surface area contributed by atoms with Crippen LogP contribution in [0.1, 0.15) is 64.4 Å². The Hall–Kier alpha value is -2.16. The van der Waals surface area contributed by atoms with Crippen molar-refractivity contribution >= 4 is 5.69 Å². The quantitative estimate of drug-likeness (QED) is 0.370. The third-order valence-corrected chi connectivity index (χ3v) is 4.53. The van der Waals surface area contributed by atoms with Crippen LogP contribution in [0.3, 0.4) is 0 Å². The van der Waals surface area contributed by atoms with E-state index in [2.05, 4.69) is 49.5 Å². The summed E-state index contributed by atoms with van der Waals surface area (Å²) < 4.78 is 11.6. The van der Waals surface area contributed by atoms with E-state index in [-0.39, 0.29) is 0 Å². The standard InChI is InChI=1S/C24H35NO2/c1-3-5-7-8-9-18-26-23-15-13-22(14-16-23)25-20-21-11-10-12-24(19-21)27-17-6-4-2/h10-16,19,25H,3-9,17-18,20H2,1-2H3. The Morgan fingerprint density at radius 2 is 1.41 bits per heavy atom. The van der Waals surface area contributed by atoms with Crippen molar-refractivity contribution in [3.8, 4) is 11.5 Å². The molecule has 3 nitrogen and oxygen atoms in total. The molecular weight excluding hydrogens is 334 g/mol. The molecule has 0 saturated heterocycles. The summed E-state index contributed by atoms with van der Waals surface area (Å²) >= 11 is 0. The summed E-state index contributed by atoms with van der Waals surface area (Å²) in [6, 6.07) is 16.5. The molecule has 148 valence electrons. The molecular formula is C24H35NO2. The lowest BCUT2D eigenvalue weighted by Crippen LogP contribution is -2.01. The monoisotopic (exact) mass is 369 g/mol. The SMILES string of the molecule is CCCCCCCOc1ccc(NCc2cccc(OCCCC)c2)cc1. The van der Waals surface area contributed by atoms with Crippen LogP contribution in [0.15, 0.2) is 48.5 Å². The average molecular weight is 370 g/mol. The first kappa shape index (κ1) is 21.1. The van der Waals surface area contributed by atoms with E-state index >= 15 is 0 Å². The molecule has 0 saturated carbocycles. The van der Waals surface area contributed by atoms with Gasteiger partial charge in [-0.25, -0.2) is 0 Å². The number of nitrogens with one attached hydrogen (secondary N) is 1. The molecule has 0 radical (unpaired) electrons. The predicted molar refractivity (Wildman–Crippen MR) is 115 cm³/mol. The van der Waals surface area contributed by atoms with Crippen molar-refractivity contribution in [2.75, 3.05) is 18.5 Å². The van der Waals surface area contributed by atoms with Crippen LogP contribution in [0.25, 0.3) is 0 Å². The molecule has 0 spiro atoms. The molecule has 0 bridgehead atoms. The Bertz CT molecular complexity index is 625. The molecule has 0 fully saturated rings. The Kier molecular flexibility index (Phi) is 10.2. The fourth-order valence-electron chi connectivity index (χ4n) is 2.85. The van der Waals surface area contributed by atoms with Crippen molar-refractivity contribution in [3.63, 3.8) is 0 Å². The summed E-state index contributed by atoms with van der Waals surface area (Å²) in [4.78, 5) is 0. The van der Waals surface area contributed by atoms with Crippen LogP contribution in [0.4, 0.5) is 5.69 Å². The Morgan fingerprint density at radius 3 is 2.19 bits per heavy atom.